The van der Waals surface area contributed by atoms with Crippen LogP contribution in [0.2, 0.25) is 5.02 Å². The summed E-state index contributed by atoms with van der Waals surface area (Å²) in [5.41, 5.74) is 1.19. The molecule has 2 aromatic carbocycles. The number of nitrogens with zero attached hydrogens (tertiary/aromatic N) is 3. The first-order chi connectivity index (χ1) is 13.4. The molecule has 1 aromatic heterocycles. The van der Waals surface area contributed by atoms with Crippen molar-refractivity contribution in [2.24, 2.45) is 0 Å². The van der Waals surface area contributed by atoms with Gasteiger partial charge < -0.3 is 15.9 Å². The summed E-state index contributed by atoms with van der Waals surface area (Å²) in [4.78, 5) is 12.1. The number of halogens is 3. The van der Waals surface area contributed by atoms with E-state index >= 15 is 0 Å². The highest BCUT2D eigenvalue weighted by atomic mass is 35.5. The molecule has 0 spiro atoms. The number of nitrogens with one attached hydrogen (secondary N) is 1. The van der Waals surface area contributed by atoms with Crippen LogP contribution in [-0.4, -0.2) is 33.1 Å². The van der Waals surface area contributed by atoms with Crippen molar-refractivity contribution < 1.29 is 18.3 Å². The quantitative estimate of drug-likeness (QED) is 0.443. The first-order valence-electron chi connectivity index (χ1n) is 7.86. The highest BCUT2D eigenvalue weighted by Gasteiger charge is 2.14. The minimum atomic E-state index is -2.90. The summed E-state index contributed by atoms with van der Waals surface area (Å²) in [5, 5.41) is 11.6. The molecule has 0 radical (unpaired) electrons. The van der Waals surface area contributed by atoms with Gasteiger partial charge in [0.1, 0.15) is 5.75 Å². The molecular formula is C17H14ClF2N5O2S. The van der Waals surface area contributed by atoms with Gasteiger partial charge >= 0.3 is 6.61 Å². The average Bonchev–Trinajstić information content (AvgIpc) is 3.02. The Morgan fingerprint density at radius 1 is 1.18 bits per heavy atom. The van der Waals surface area contributed by atoms with Crippen LogP contribution < -0.4 is 15.9 Å². The second-order valence-electron chi connectivity index (χ2n) is 5.42. The maximum atomic E-state index is 12.1. The van der Waals surface area contributed by atoms with Crippen molar-refractivity contribution >= 4 is 35.0 Å². The van der Waals surface area contributed by atoms with Gasteiger partial charge in [0.05, 0.1) is 5.75 Å². The molecule has 0 fully saturated rings. The van der Waals surface area contributed by atoms with Gasteiger partial charge in [0.25, 0.3) is 0 Å². The Bertz CT molecular complexity index is 951. The number of amides is 1. The molecule has 0 aliphatic heterocycles. The number of nitrogens with two attached hydrogens (primary N) is 1. The highest BCUT2D eigenvalue weighted by Crippen LogP contribution is 2.23. The summed E-state index contributed by atoms with van der Waals surface area (Å²) in [6.07, 6.45) is 0. The number of hydrogen-bond donors (Lipinski definition) is 2. The Kier molecular flexibility index (Phi) is 6.32. The van der Waals surface area contributed by atoms with Crippen LogP contribution >= 0.6 is 23.4 Å². The van der Waals surface area contributed by atoms with Gasteiger partial charge in [-0.3, -0.25) is 4.79 Å². The van der Waals surface area contributed by atoms with E-state index < -0.39 is 6.61 Å². The number of nitrogen functional groups attached to an aromatic ring is 1. The molecule has 0 atom stereocenters. The van der Waals surface area contributed by atoms with E-state index in [1.807, 2.05) is 0 Å². The summed E-state index contributed by atoms with van der Waals surface area (Å²) >= 11 is 6.97. The summed E-state index contributed by atoms with van der Waals surface area (Å²) < 4.78 is 29.8. The van der Waals surface area contributed by atoms with Crippen LogP contribution in [0.5, 0.6) is 5.75 Å². The summed E-state index contributed by atoms with van der Waals surface area (Å²) in [6.45, 7) is -2.90. The van der Waals surface area contributed by atoms with Crippen LogP contribution in [0.4, 0.5) is 14.5 Å². The van der Waals surface area contributed by atoms with Crippen molar-refractivity contribution in [1.29, 1.82) is 0 Å². The van der Waals surface area contributed by atoms with Crippen molar-refractivity contribution in [2.45, 2.75) is 11.8 Å². The zero-order chi connectivity index (χ0) is 20.1. The fraction of sp³-hybridized carbons (Fsp3) is 0.118. The van der Waals surface area contributed by atoms with Crippen LogP contribution in [-0.2, 0) is 4.79 Å². The molecule has 1 heterocycles. The number of thioether (sulfide) groups is 1. The number of benzene rings is 2. The Morgan fingerprint density at radius 3 is 2.50 bits per heavy atom. The van der Waals surface area contributed by atoms with Crippen molar-refractivity contribution in [2.75, 3.05) is 16.9 Å². The minimum absolute atomic E-state index is 0.00772. The molecule has 3 N–H and O–H groups in total. The lowest BCUT2D eigenvalue weighted by atomic mass is 10.2. The van der Waals surface area contributed by atoms with Crippen LogP contribution in [0.15, 0.2) is 53.7 Å². The third-order valence-electron chi connectivity index (χ3n) is 3.46. The van der Waals surface area contributed by atoms with Crippen LogP contribution in [0, 0.1) is 0 Å². The number of aromatic nitrogens is 3. The number of alkyl halides is 2. The second-order valence-corrected chi connectivity index (χ2v) is 6.80. The van der Waals surface area contributed by atoms with E-state index in [2.05, 4.69) is 20.3 Å². The van der Waals surface area contributed by atoms with Crippen LogP contribution in [0.3, 0.4) is 0 Å². The lowest BCUT2D eigenvalue weighted by molar-refractivity contribution is -0.113. The highest BCUT2D eigenvalue weighted by molar-refractivity contribution is 7.99. The molecule has 3 rings (SSSR count). The summed E-state index contributed by atoms with van der Waals surface area (Å²) in [7, 11) is 0. The molecule has 0 bridgehead atoms. The molecule has 0 saturated heterocycles. The predicted molar refractivity (Wildman–Crippen MR) is 103 cm³/mol. The van der Waals surface area contributed by atoms with E-state index in [0.29, 0.717) is 21.7 Å². The molecule has 0 aliphatic rings. The lowest BCUT2D eigenvalue weighted by Crippen LogP contribution is -2.16. The zero-order valence-electron chi connectivity index (χ0n) is 14.2. The molecule has 28 heavy (non-hydrogen) atoms. The third-order valence-corrected chi connectivity index (χ3v) is 4.66. The number of ether oxygens (including phenoxy) is 1. The maximum Gasteiger partial charge on any atom is 0.387 e. The van der Waals surface area contributed by atoms with Gasteiger partial charge in [0, 0.05) is 16.3 Å². The predicted octanol–water partition coefficient (Wildman–Crippen LogP) is 3.64. The SMILES string of the molecule is Nn1c(SCC(=O)Nc2ccc(OC(F)F)cc2)nnc1-c1ccc(Cl)cc1. The summed E-state index contributed by atoms with van der Waals surface area (Å²) in [6, 6.07) is 12.5. The largest absolute Gasteiger partial charge is 0.435 e. The molecule has 0 aliphatic carbocycles. The smallest absolute Gasteiger partial charge is 0.387 e. The Hall–Kier alpha value is -2.85. The van der Waals surface area contributed by atoms with Crippen LogP contribution in [0.1, 0.15) is 0 Å². The lowest BCUT2D eigenvalue weighted by Gasteiger charge is -2.07. The van der Waals surface area contributed by atoms with Gasteiger partial charge in [-0.25, -0.2) is 4.68 Å². The van der Waals surface area contributed by atoms with Gasteiger partial charge in [0.15, 0.2) is 5.82 Å². The molecule has 0 unspecified atom stereocenters. The van der Waals surface area contributed by atoms with Crippen LogP contribution in [0.25, 0.3) is 11.4 Å². The van der Waals surface area contributed by atoms with E-state index in [4.69, 9.17) is 17.4 Å². The van der Waals surface area contributed by atoms with Gasteiger partial charge in [-0.2, -0.15) is 8.78 Å². The molecule has 0 saturated carbocycles. The maximum absolute atomic E-state index is 12.1. The minimum Gasteiger partial charge on any atom is -0.435 e. The van der Waals surface area contributed by atoms with E-state index in [1.165, 1.54) is 28.9 Å². The Morgan fingerprint density at radius 2 is 1.86 bits per heavy atom. The number of hydrogen-bond acceptors (Lipinski definition) is 6. The van der Waals surface area contributed by atoms with Gasteiger partial charge in [-0.1, -0.05) is 23.4 Å². The third kappa shape index (κ3) is 5.11. The van der Waals surface area contributed by atoms with Gasteiger partial charge in [-0.15, -0.1) is 10.2 Å². The van der Waals surface area contributed by atoms with E-state index in [0.717, 1.165) is 17.3 Å². The number of carbonyl (C=O) groups excluding carboxylic acids is 1. The Labute approximate surface area is 167 Å². The van der Waals surface area contributed by atoms with E-state index in [-0.39, 0.29) is 17.4 Å². The van der Waals surface area contributed by atoms with E-state index in [1.54, 1.807) is 24.3 Å². The van der Waals surface area contributed by atoms with Gasteiger partial charge in [0.2, 0.25) is 11.1 Å². The molecule has 11 heteroatoms. The molecule has 1 amide bonds. The van der Waals surface area contributed by atoms with Crippen molar-refractivity contribution in [3.8, 4) is 17.1 Å². The topological polar surface area (TPSA) is 95.1 Å². The first kappa shape index (κ1) is 19.9. The molecule has 146 valence electrons. The zero-order valence-corrected chi connectivity index (χ0v) is 15.8. The fourth-order valence-electron chi connectivity index (χ4n) is 2.22. The second kappa shape index (κ2) is 8.89. The average molecular weight is 426 g/mol. The fourth-order valence-corrected chi connectivity index (χ4v) is 3.00. The number of carbonyl (C=O) groups is 1. The number of rotatable bonds is 7. The number of anilines is 1. The van der Waals surface area contributed by atoms with Crippen molar-refractivity contribution in [3.63, 3.8) is 0 Å². The molecular weight excluding hydrogens is 412 g/mol. The van der Waals surface area contributed by atoms with E-state index in [9.17, 15) is 13.6 Å². The van der Waals surface area contributed by atoms with Crippen molar-refractivity contribution in [3.05, 3.63) is 53.6 Å². The summed E-state index contributed by atoms with van der Waals surface area (Å²) in [5.74, 6) is 6.16. The Balaban J connectivity index is 1.57. The molecule has 7 nitrogen and oxygen atoms in total. The standard InChI is InChI=1S/C17H14ClF2N5O2S/c18-11-3-1-10(2-4-11)15-23-24-17(25(15)21)28-9-14(26)22-12-5-7-13(8-6-12)27-16(19)20/h1-8,16H,9,21H2,(H,22,26). The normalized spacial score (nSPS) is 10.9. The van der Waals surface area contributed by atoms with Gasteiger partial charge in [-0.05, 0) is 48.5 Å². The molecule has 3 aromatic rings. The van der Waals surface area contributed by atoms with Crippen molar-refractivity contribution in [1.82, 2.24) is 14.9 Å². The monoisotopic (exact) mass is 425 g/mol. The first-order valence-corrected chi connectivity index (χ1v) is 9.22.